The van der Waals surface area contributed by atoms with Gasteiger partial charge in [-0.2, -0.15) is 10.2 Å². The van der Waals surface area contributed by atoms with E-state index in [1.165, 1.54) is 18.4 Å². The third-order valence-corrected chi connectivity index (χ3v) is 7.13. The standard InChI is InChI=1S/C25H32N6O/c1-16-8-10-21(11-9-16)31-18(3)22-17(2)27-28-24(23(22)29-31)30-14-12-19(13-15-30)25(32)26-20-6-4-5-7-20/h8-11,19-20H,4-7,12-15H2,1-3H3,(H,26,32). The van der Waals surface area contributed by atoms with Crippen LogP contribution in [0.3, 0.4) is 0 Å². The van der Waals surface area contributed by atoms with E-state index in [-0.39, 0.29) is 11.8 Å². The first kappa shape index (κ1) is 20.9. The molecule has 2 aromatic heterocycles. The van der Waals surface area contributed by atoms with Crippen LogP contribution in [0.1, 0.15) is 55.5 Å². The maximum absolute atomic E-state index is 12.7. The Morgan fingerprint density at radius 2 is 1.66 bits per heavy atom. The number of rotatable bonds is 4. The van der Waals surface area contributed by atoms with E-state index < -0.39 is 0 Å². The Kier molecular flexibility index (Phi) is 5.57. The van der Waals surface area contributed by atoms with Crippen LogP contribution < -0.4 is 10.2 Å². The highest BCUT2D eigenvalue weighted by Crippen LogP contribution is 2.31. The van der Waals surface area contributed by atoms with Crippen molar-refractivity contribution in [2.24, 2.45) is 5.92 Å². The molecule has 1 aliphatic carbocycles. The summed E-state index contributed by atoms with van der Waals surface area (Å²) in [7, 11) is 0. The van der Waals surface area contributed by atoms with Crippen molar-refractivity contribution in [2.75, 3.05) is 18.0 Å². The number of aromatic nitrogens is 4. The summed E-state index contributed by atoms with van der Waals surface area (Å²) in [5.41, 5.74) is 5.12. The molecule has 0 spiro atoms. The Morgan fingerprint density at radius 3 is 2.34 bits per heavy atom. The fraction of sp³-hybridized carbons (Fsp3) is 0.520. The molecule has 7 heteroatoms. The first-order valence-corrected chi connectivity index (χ1v) is 11.9. The lowest BCUT2D eigenvalue weighted by Gasteiger charge is -2.32. The van der Waals surface area contributed by atoms with E-state index in [1.54, 1.807) is 0 Å². The number of benzene rings is 1. The van der Waals surface area contributed by atoms with Crippen molar-refractivity contribution < 1.29 is 4.79 Å². The summed E-state index contributed by atoms with van der Waals surface area (Å²) in [5, 5.41) is 18.3. The minimum atomic E-state index is 0.0904. The number of anilines is 1. The number of carbonyl (C=O) groups excluding carboxylic acids is 1. The van der Waals surface area contributed by atoms with E-state index in [2.05, 4.69) is 58.5 Å². The van der Waals surface area contributed by atoms with E-state index in [9.17, 15) is 4.79 Å². The summed E-state index contributed by atoms with van der Waals surface area (Å²) in [5.74, 6) is 1.15. The van der Waals surface area contributed by atoms with Crippen molar-refractivity contribution in [1.29, 1.82) is 0 Å². The van der Waals surface area contributed by atoms with Gasteiger partial charge in [0.05, 0.1) is 22.5 Å². The Balaban J connectivity index is 1.38. The number of hydrogen-bond donors (Lipinski definition) is 1. The van der Waals surface area contributed by atoms with Crippen molar-refractivity contribution in [3.8, 4) is 5.69 Å². The molecule has 0 bridgehead atoms. The number of hydrogen-bond acceptors (Lipinski definition) is 5. The van der Waals surface area contributed by atoms with Gasteiger partial charge in [0.1, 0.15) is 5.52 Å². The molecule has 1 N–H and O–H groups in total. The van der Waals surface area contributed by atoms with Crippen molar-refractivity contribution >= 4 is 22.6 Å². The van der Waals surface area contributed by atoms with Gasteiger partial charge in [0.2, 0.25) is 5.91 Å². The van der Waals surface area contributed by atoms with Crippen LogP contribution in [-0.4, -0.2) is 45.0 Å². The van der Waals surface area contributed by atoms with Crippen LogP contribution in [0, 0.1) is 26.7 Å². The van der Waals surface area contributed by atoms with Crippen molar-refractivity contribution in [1.82, 2.24) is 25.3 Å². The highest BCUT2D eigenvalue weighted by Gasteiger charge is 2.29. The molecule has 1 amide bonds. The summed E-state index contributed by atoms with van der Waals surface area (Å²) in [6.07, 6.45) is 6.41. The molecule has 0 unspecified atom stereocenters. The van der Waals surface area contributed by atoms with E-state index in [0.29, 0.717) is 6.04 Å². The number of carbonyl (C=O) groups is 1. The van der Waals surface area contributed by atoms with Crippen molar-refractivity contribution in [3.63, 3.8) is 0 Å². The fourth-order valence-electron chi connectivity index (χ4n) is 5.20. The number of piperidine rings is 1. The summed E-state index contributed by atoms with van der Waals surface area (Å²) in [4.78, 5) is 15.0. The monoisotopic (exact) mass is 432 g/mol. The molecule has 1 aliphatic heterocycles. The quantitative estimate of drug-likeness (QED) is 0.674. The topological polar surface area (TPSA) is 75.9 Å². The zero-order chi connectivity index (χ0) is 22.2. The number of nitrogens with one attached hydrogen (secondary N) is 1. The third-order valence-electron chi connectivity index (χ3n) is 7.13. The lowest BCUT2D eigenvalue weighted by atomic mass is 9.95. The molecule has 1 saturated heterocycles. The molecule has 168 valence electrons. The molecule has 2 fully saturated rings. The van der Waals surface area contributed by atoms with Gasteiger partial charge in [0.25, 0.3) is 0 Å². The highest BCUT2D eigenvalue weighted by atomic mass is 16.1. The molecule has 7 nitrogen and oxygen atoms in total. The molecule has 3 aromatic rings. The van der Waals surface area contributed by atoms with Gasteiger partial charge in [-0.1, -0.05) is 30.5 Å². The number of fused-ring (bicyclic) bond motifs is 1. The normalized spacial score (nSPS) is 17.9. The second-order valence-electron chi connectivity index (χ2n) is 9.42. The number of amides is 1. The summed E-state index contributed by atoms with van der Waals surface area (Å²) < 4.78 is 1.99. The Labute approximate surface area is 189 Å². The van der Waals surface area contributed by atoms with Crippen LogP contribution >= 0.6 is 0 Å². The molecular formula is C25H32N6O. The van der Waals surface area contributed by atoms with Crippen LogP contribution in [-0.2, 0) is 4.79 Å². The molecule has 0 atom stereocenters. The maximum Gasteiger partial charge on any atom is 0.223 e. The largest absolute Gasteiger partial charge is 0.353 e. The van der Waals surface area contributed by atoms with Gasteiger partial charge in [-0.3, -0.25) is 4.79 Å². The van der Waals surface area contributed by atoms with Gasteiger partial charge < -0.3 is 10.2 Å². The Bertz CT molecular complexity index is 1120. The minimum Gasteiger partial charge on any atom is -0.353 e. The average Bonchev–Trinajstić information content (AvgIpc) is 3.43. The average molecular weight is 433 g/mol. The molecule has 1 saturated carbocycles. The Hall–Kier alpha value is -2.96. The first-order valence-electron chi connectivity index (χ1n) is 11.9. The number of nitrogens with zero attached hydrogens (tertiary/aromatic N) is 5. The number of aryl methyl sites for hydroxylation is 3. The smallest absolute Gasteiger partial charge is 0.223 e. The van der Waals surface area contributed by atoms with Gasteiger partial charge in [-0.15, -0.1) is 5.10 Å². The van der Waals surface area contributed by atoms with Gasteiger partial charge in [-0.05, 0) is 58.6 Å². The fourth-order valence-corrected chi connectivity index (χ4v) is 5.20. The SMILES string of the molecule is Cc1ccc(-n2nc3c(N4CCC(C(=O)NC5CCCC5)CC4)nnc(C)c3c2C)cc1. The molecule has 5 rings (SSSR count). The van der Waals surface area contributed by atoms with Crippen LogP contribution in [0.5, 0.6) is 0 Å². The molecule has 3 heterocycles. The van der Waals surface area contributed by atoms with Crippen LogP contribution in [0.25, 0.3) is 16.6 Å². The van der Waals surface area contributed by atoms with Crippen molar-refractivity contribution in [2.45, 2.75) is 65.3 Å². The van der Waals surface area contributed by atoms with Gasteiger partial charge in [0.15, 0.2) is 5.82 Å². The van der Waals surface area contributed by atoms with Crippen LogP contribution in [0.2, 0.25) is 0 Å². The molecule has 2 aliphatic rings. The first-order chi connectivity index (χ1) is 15.5. The minimum absolute atomic E-state index is 0.0904. The second-order valence-corrected chi connectivity index (χ2v) is 9.42. The molecule has 1 aromatic carbocycles. The van der Waals surface area contributed by atoms with E-state index in [4.69, 9.17) is 5.10 Å². The predicted molar refractivity (Wildman–Crippen MR) is 126 cm³/mol. The summed E-state index contributed by atoms with van der Waals surface area (Å²) in [6, 6.07) is 8.79. The zero-order valence-corrected chi connectivity index (χ0v) is 19.3. The van der Waals surface area contributed by atoms with E-state index in [0.717, 1.165) is 72.6 Å². The van der Waals surface area contributed by atoms with E-state index in [1.807, 2.05) is 11.6 Å². The molecule has 32 heavy (non-hydrogen) atoms. The van der Waals surface area contributed by atoms with Crippen molar-refractivity contribution in [3.05, 3.63) is 41.2 Å². The summed E-state index contributed by atoms with van der Waals surface area (Å²) in [6.45, 7) is 7.77. The van der Waals surface area contributed by atoms with Gasteiger partial charge in [0, 0.05) is 25.0 Å². The van der Waals surface area contributed by atoms with Crippen LogP contribution in [0.15, 0.2) is 24.3 Å². The zero-order valence-electron chi connectivity index (χ0n) is 19.3. The van der Waals surface area contributed by atoms with E-state index >= 15 is 0 Å². The Morgan fingerprint density at radius 1 is 0.969 bits per heavy atom. The molecular weight excluding hydrogens is 400 g/mol. The lowest BCUT2D eigenvalue weighted by Crippen LogP contribution is -2.43. The second kappa shape index (κ2) is 8.52. The van der Waals surface area contributed by atoms with Gasteiger partial charge in [-0.25, -0.2) is 4.68 Å². The highest BCUT2D eigenvalue weighted by molar-refractivity contribution is 5.92. The lowest BCUT2D eigenvalue weighted by molar-refractivity contribution is -0.126. The predicted octanol–water partition coefficient (Wildman–Crippen LogP) is 4.02. The maximum atomic E-state index is 12.7. The summed E-state index contributed by atoms with van der Waals surface area (Å²) >= 11 is 0. The molecule has 0 radical (unpaired) electrons. The van der Waals surface area contributed by atoms with Gasteiger partial charge >= 0.3 is 0 Å². The van der Waals surface area contributed by atoms with Crippen LogP contribution in [0.4, 0.5) is 5.82 Å². The third kappa shape index (κ3) is 3.85.